The van der Waals surface area contributed by atoms with E-state index in [1.807, 2.05) is 43.3 Å². The topological polar surface area (TPSA) is 53.6 Å². The summed E-state index contributed by atoms with van der Waals surface area (Å²) in [6.07, 6.45) is 6.93. The number of urea groups is 1. The second-order valence-corrected chi connectivity index (χ2v) is 9.41. The molecule has 2 unspecified atom stereocenters. The number of rotatable bonds is 7. The molecule has 1 saturated carbocycles. The van der Waals surface area contributed by atoms with Crippen molar-refractivity contribution < 1.29 is 9.53 Å². The first-order chi connectivity index (χ1) is 15.6. The van der Waals surface area contributed by atoms with Gasteiger partial charge in [-0.3, -0.25) is 4.90 Å². The second-order valence-electron chi connectivity index (χ2n) is 8.97. The van der Waals surface area contributed by atoms with Crippen molar-refractivity contribution in [3.63, 3.8) is 0 Å². The van der Waals surface area contributed by atoms with Gasteiger partial charge in [-0.15, -0.1) is 0 Å². The maximum Gasteiger partial charge on any atom is 0.319 e. The summed E-state index contributed by atoms with van der Waals surface area (Å²) in [4.78, 5) is 15.2. The molecule has 32 heavy (non-hydrogen) atoms. The van der Waals surface area contributed by atoms with Crippen molar-refractivity contribution in [1.29, 1.82) is 0 Å². The van der Waals surface area contributed by atoms with Gasteiger partial charge in [-0.05, 0) is 106 Å². The van der Waals surface area contributed by atoms with Crippen LogP contribution in [0.4, 0.5) is 10.5 Å². The molecule has 2 fully saturated rings. The van der Waals surface area contributed by atoms with Crippen LogP contribution in [0.15, 0.2) is 48.5 Å². The molecule has 1 heterocycles. The fourth-order valence-electron chi connectivity index (χ4n) is 5.13. The van der Waals surface area contributed by atoms with Crippen molar-refractivity contribution in [3.05, 3.63) is 59.1 Å². The molecule has 2 aliphatic rings. The molecule has 0 spiro atoms. The number of hydrogen-bond donors (Lipinski definition) is 2. The summed E-state index contributed by atoms with van der Waals surface area (Å²) in [5, 5.41) is 7.00. The summed E-state index contributed by atoms with van der Waals surface area (Å²) in [5.74, 6) is 1.54. The number of likely N-dealkylation sites (tertiary alicyclic amines) is 1. The fourth-order valence-corrected chi connectivity index (χ4v) is 5.25. The molecule has 0 aromatic heterocycles. The van der Waals surface area contributed by atoms with E-state index in [0.717, 1.165) is 54.7 Å². The number of carbonyl (C=O) groups excluding carboxylic acids is 1. The quantitative estimate of drug-likeness (QED) is 0.560. The van der Waals surface area contributed by atoms with Gasteiger partial charge >= 0.3 is 6.03 Å². The lowest BCUT2D eigenvalue weighted by Crippen LogP contribution is -2.52. The van der Waals surface area contributed by atoms with Crippen molar-refractivity contribution in [2.45, 2.75) is 57.5 Å². The highest BCUT2D eigenvalue weighted by molar-refractivity contribution is 6.30. The average Bonchev–Trinajstić information content (AvgIpc) is 3.25. The maximum atomic E-state index is 12.6. The van der Waals surface area contributed by atoms with E-state index in [9.17, 15) is 4.79 Å². The van der Waals surface area contributed by atoms with E-state index in [1.54, 1.807) is 0 Å². The standard InChI is InChI=1S/C26H34ClN3O2/c1-2-32-23-12-10-22(11-13-23)28-26(31)29-24-4-3-5-25(24)30-16-14-20(15-17-30)18-19-6-8-21(27)9-7-19/h6-13,20,24-25H,2-5,14-18H2,1H3,(H2,28,29,31). The normalized spacial score (nSPS) is 21.9. The minimum atomic E-state index is -0.122. The number of ether oxygens (including phenoxy) is 1. The smallest absolute Gasteiger partial charge is 0.319 e. The average molecular weight is 456 g/mol. The van der Waals surface area contributed by atoms with Crippen LogP contribution in [0.3, 0.4) is 0 Å². The highest BCUT2D eigenvalue weighted by atomic mass is 35.5. The number of anilines is 1. The van der Waals surface area contributed by atoms with Crippen LogP contribution in [0.25, 0.3) is 0 Å². The molecule has 2 aromatic rings. The van der Waals surface area contributed by atoms with Crippen LogP contribution in [-0.2, 0) is 6.42 Å². The van der Waals surface area contributed by atoms with E-state index in [4.69, 9.17) is 16.3 Å². The third-order valence-corrected chi connectivity index (χ3v) is 7.03. The summed E-state index contributed by atoms with van der Waals surface area (Å²) >= 11 is 6.01. The Morgan fingerprint density at radius 1 is 1.03 bits per heavy atom. The van der Waals surface area contributed by atoms with Gasteiger partial charge in [0.15, 0.2) is 0 Å². The molecular formula is C26H34ClN3O2. The van der Waals surface area contributed by atoms with Gasteiger partial charge in [-0.2, -0.15) is 0 Å². The Labute approximate surface area is 196 Å². The Hall–Kier alpha value is -2.24. The molecule has 6 heteroatoms. The van der Waals surface area contributed by atoms with Crippen LogP contribution in [0, 0.1) is 5.92 Å². The third-order valence-electron chi connectivity index (χ3n) is 6.77. The van der Waals surface area contributed by atoms with Crippen LogP contribution in [0.5, 0.6) is 5.75 Å². The van der Waals surface area contributed by atoms with Gasteiger partial charge in [0, 0.05) is 22.8 Å². The van der Waals surface area contributed by atoms with E-state index in [0.29, 0.717) is 12.6 Å². The molecule has 1 aliphatic carbocycles. The molecule has 2 aromatic carbocycles. The summed E-state index contributed by atoms with van der Waals surface area (Å²) in [5.41, 5.74) is 2.16. The summed E-state index contributed by atoms with van der Waals surface area (Å²) in [6, 6.07) is 16.3. The van der Waals surface area contributed by atoms with Crippen LogP contribution in [0.1, 0.15) is 44.6 Å². The largest absolute Gasteiger partial charge is 0.494 e. The van der Waals surface area contributed by atoms with Crippen LogP contribution in [0.2, 0.25) is 5.02 Å². The predicted octanol–water partition coefficient (Wildman–Crippen LogP) is 5.74. The lowest BCUT2D eigenvalue weighted by molar-refractivity contribution is 0.119. The molecule has 2 N–H and O–H groups in total. The summed E-state index contributed by atoms with van der Waals surface area (Å²) < 4.78 is 5.46. The van der Waals surface area contributed by atoms with Crippen molar-refractivity contribution in [3.8, 4) is 5.75 Å². The number of nitrogens with one attached hydrogen (secondary N) is 2. The summed E-state index contributed by atoms with van der Waals surface area (Å²) in [7, 11) is 0. The molecule has 5 nitrogen and oxygen atoms in total. The minimum Gasteiger partial charge on any atom is -0.494 e. The molecule has 0 radical (unpaired) electrons. The first-order valence-electron chi connectivity index (χ1n) is 11.9. The predicted molar refractivity (Wildman–Crippen MR) is 131 cm³/mol. The number of hydrogen-bond acceptors (Lipinski definition) is 3. The van der Waals surface area contributed by atoms with Gasteiger partial charge in [0.1, 0.15) is 5.75 Å². The van der Waals surface area contributed by atoms with Crippen molar-refractivity contribution in [2.24, 2.45) is 5.92 Å². The first kappa shape index (κ1) is 22.9. The summed E-state index contributed by atoms with van der Waals surface area (Å²) in [6.45, 7) is 4.82. The monoisotopic (exact) mass is 455 g/mol. The number of piperidine rings is 1. The Balaban J connectivity index is 1.24. The lowest BCUT2D eigenvalue weighted by atomic mass is 9.89. The fraction of sp³-hybridized carbons (Fsp3) is 0.500. The Morgan fingerprint density at radius 3 is 2.44 bits per heavy atom. The van der Waals surface area contributed by atoms with Crippen molar-refractivity contribution >= 4 is 23.3 Å². The zero-order valence-corrected chi connectivity index (χ0v) is 19.6. The second kappa shape index (κ2) is 11.1. The molecule has 2 atom stereocenters. The van der Waals surface area contributed by atoms with Crippen molar-refractivity contribution in [1.82, 2.24) is 10.2 Å². The highest BCUT2D eigenvalue weighted by Gasteiger charge is 2.35. The van der Waals surface area contributed by atoms with E-state index < -0.39 is 0 Å². The molecule has 172 valence electrons. The number of halogens is 1. The van der Waals surface area contributed by atoms with E-state index >= 15 is 0 Å². The lowest BCUT2D eigenvalue weighted by Gasteiger charge is -2.38. The van der Waals surface area contributed by atoms with Gasteiger partial charge in [0.2, 0.25) is 0 Å². The Kier molecular flexibility index (Phi) is 7.93. The molecule has 0 bridgehead atoms. The number of amides is 2. The van der Waals surface area contributed by atoms with Gasteiger partial charge in [0.05, 0.1) is 6.61 Å². The number of benzene rings is 2. The SMILES string of the molecule is CCOc1ccc(NC(=O)NC2CCCC2N2CCC(Cc3ccc(Cl)cc3)CC2)cc1. The van der Waals surface area contributed by atoms with Crippen LogP contribution >= 0.6 is 11.6 Å². The number of carbonyl (C=O) groups is 1. The molecular weight excluding hydrogens is 422 g/mol. The minimum absolute atomic E-state index is 0.122. The Morgan fingerprint density at radius 2 is 1.75 bits per heavy atom. The highest BCUT2D eigenvalue weighted by Crippen LogP contribution is 2.30. The van der Waals surface area contributed by atoms with E-state index in [-0.39, 0.29) is 12.1 Å². The Bertz CT molecular complexity index is 864. The van der Waals surface area contributed by atoms with Gasteiger partial charge in [-0.1, -0.05) is 23.7 Å². The maximum absolute atomic E-state index is 12.6. The van der Waals surface area contributed by atoms with Gasteiger partial charge in [0.25, 0.3) is 0 Å². The first-order valence-corrected chi connectivity index (χ1v) is 12.3. The van der Waals surface area contributed by atoms with E-state index in [1.165, 1.54) is 24.8 Å². The molecule has 1 aliphatic heterocycles. The van der Waals surface area contributed by atoms with Crippen LogP contribution in [-0.4, -0.2) is 42.7 Å². The van der Waals surface area contributed by atoms with Crippen molar-refractivity contribution in [2.75, 3.05) is 25.0 Å². The van der Waals surface area contributed by atoms with E-state index in [2.05, 4.69) is 27.7 Å². The molecule has 4 rings (SSSR count). The van der Waals surface area contributed by atoms with Gasteiger partial charge in [-0.25, -0.2) is 4.79 Å². The van der Waals surface area contributed by atoms with Crippen LogP contribution < -0.4 is 15.4 Å². The molecule has 1 saturated heterocycles. The molecule has 2 amide bonds. The third kappa shape index (κ3) is 6.17. The zero-order chi connectivity index (χ0) is 22.3. The van der Waals surface area contributed by atoms with Gasteiger partial charge < -0.3 is 15.4 Å². The zero-order valence-electron chi connectivity index (χ0n) is 18.9. The number of nitrogens with zero attached hydrogens (tertiary/aromatic N) is 1.